The third-order valence-corrected chi connectivity index (χ3v) is 3.77. The van der Waals surface area contributed by atoms with Crippen LogP contribution in [-0.2, 0) is 11.8 Å². The predicted molar refractivity (Wildman–Crippen MR) is 67.3 cm³/mol. The van der Waals surface area contributed by atoms with Gasteiger partial charge in [-0.25, -0.2) is 0 Å². The van der Waals surface area contributed by atoms with Crippen molar-refractivity contribution < 1.29 is 9.59 Å². The lowest BCUT2D eigenvalue weighted by atomic mass is 9.94. The summed E-state index contributed by atoms with van der Waals surface area (Å²) < 4.78 is 1.69. The van der Waals surface area contributed by atoms with Gasteiger partial charge in [0.1, 0.15) is 5.78 Å². The van der Waals surface area contributed by atoms with Crippen LogP contribution in [0, 0.1) is 12.8 Å². The number of carbonyl (C=O) groups excluding carboxylic acids is 2. The lowest BCUT2D eigenvalue weighted by molar-refractivity contribution is -0.125. The number of carbonyl (C=O) groups is 2. The molecule has 1 fully saturated rings. The molecule has 0 spiro atoms. The van der Waals surface area contributed by atoms with Crippen LogP contribution in [0.15, 0.2) is 6.20 Å². The van der Waals surface area contributed by atoms with Gasteiger partial charge in [0.2, 0.25) is 0 Å². The Kier molecular flexibility index (Phi) is 3.50. The van der Waals surface area contributed by atoms with Gasteiger partial charge in [0, 0.05) is 38.2 Å². The van der Waals surface area contributed by atoms with Crippen LogP contribution in [0.4, 0.5) is 0 Å². The molecule has 0 radical (unpaired) electrons. The minimum absolute atomic E-state index is 0.000299. The highest BCUT2D eigenvalue weighted by Gasteiger charge is 2.30. The SMILES string of the molecule is CCC1CN(C(=O)c2cnn(C)c2C)CCC1=O. The molecule has 1 amide bonds. The van der Waals surface area contributed by atoms with Crippen molar-refractivity contribution in [1.82, 2.24) is 14.7 Å². The first-order chi connectivity index (χ1) is 8.54. The van der Waals surface area contributed by atoms with Crippen LogP contribution in [0.1, 0.15) is 35.8 Å². The summed E-state index contributed by atoms with van der Waals surface area (Å²) in [5, 5.41) is 4.09. The summed E-state index contributed by atoms with van der Waals surface area (Å²) >= 11 is 0. The fraction of sp³-hybridized carbons (Fsp3) is 0.615. The van der Waals surface area contributed by atoms with Gasteiger partial charge in [-0.3, -0.25) is 14.3 Å². The molecule has 98 valence electrons. The highest BCUT2D eigenvalue weighted by Crippen LogP contribution is 2.19. The van der Waals surface area contributed by atoms with Crippen LogP contribution >= 0.6 is 0 Å². The van der Waals surface area contributed by atoms with E-state index in [-0.39, 0.29) is 17.6 Å². The maximum absolute atomic E-state index is 12.4. The summed E-state index contributed by atoms with van der Waals surface area (Å²) in [5.41, 5.74) is 1.51. The third kappa shape index (κ3) is 2.17. The number of amides is 1. The Labute approximate surface area is 107 Å². The Morgan fingerprint density at radius 3 is 2.83 bits per heavy atom. The van der Waals surface area contributed by atoms with E-state index in [1.54, 1.807) is 15.8 Å². The maximum atomic E-state index is 12.4. The van der Waals surface area contributed by atoms with Gasteiger partial charge in [-0.05, 0) is 13.3 Å². The Balaban J connectivity index is 2.15. The zero-order valence-corrected chi connectivity index (χ0v) is 11.1. The molecule has 0 aromatic carbocycles. The largest absolute Gasteiger partial charge is 0.337 e. The van der Waals surface area contributed by atoms with Crippen LogP contribution in [0.2, 0.25) is 0 Å². The summed E-state index contributed by atoms with van der Waals surface area (Å²) in [4.78, 5) is 25.8. The van der Waals surface area contributed by atoms with Crippen molar-refractivity contribution in [2.24, 2.45) is 13.0 Å². The van der Waals surface area contributed by atoms with Crippen molar-refractivity contribution in [2.75, 3.05) is 13.1 Å². The highest BCUT2D eigenvalue weighted by molar-refractivity contribution is 5.96. The lowest BCUT2D eigenvalue weighted by Gasteiger charge is -2.31. The molecule has 2 rings (SSSR count). The molecule has 1 saturated heterocycles. The van der Waals surface area contributed by atoms with E-state index in [1.165, 1.54) is 0 Å². The fourth-order valence-electron chi connectivity index (χ4n) is 2.33. The first-order valence-electron chi connectivity index (χ1n) is 6.35. The van der Waals surface area contributed by atoms with Crippen LogP contribution in [0.5, 0.6) is 0 Å². The van der Waals surface area contributed by atoms with Gasteiger partial charge in [-0.1, -0.05) is 6.92 Å². The van der Waals surface area contributed by atoms with E-state index >= 15 is 0 Å². The average molecular weight is 249 g/mol. The smallest absolute Gasteiger partial charge is 0.257 e. The standard InChI is InChI=1S/C13H19N3O2/c1-4-10-8-16(6-5-12(10)17)13(18)11-7-14-15(3)9(11)2/h7,10H,4-6,8H2,1-3H3. The van der Waals surface area contributed by atoms with Crippen molar-refractivity contribution in [2.45, 2.75) is 26.7 Å². The van der Waals surface area contributed by atoms with Crippen molar-refractivity contribution in [1.29, 1.82) is 0 Å². The van der Waals surface area contributed by atoms with Gasteiger partial charge in [-0.2, -0.15) is 5.10 Å². The first kappa shape index (κ1) is 12.8. The fourth-order valence-corrected chi connectivity index (χ4v) is 2.33. The van der Waals surface area contributed by atoms with E-state index < -0.39 is 0 Å². The number of aryl methyl sites for hydroxylation is 1. The first-order valence-corrected chi connectivity index (χ1v) is 6.35. The average Bonchev–Trinajstić information content (AvgIpc) is 2.70. The summed E-state index contributed by atoms with van der Waals surface area (Å²) in [6.07, 6.45) is 2.88. The lowest BCUT2D eigenvalue weighted by Crippen LogP contribution is -2.44. The molecular weight excluding hydrogens is 230 g/mol. The molecule has 0 N–H and O–H groups in total. The number of Topliss-reactive ketones (excluding diaryl/α,β-unsaturated/α-hetero) is 1. The molecule has 2 heterocycles. The van der Waals surface area contributed by atoms with Crippen LogP contribution in [0.3, 0.4) is 0 Å². The summed E-state index contributed by atoms with van der Waals surface area (Å²) in [6.45, 7) is 4.95. The number of nitrogens with zero attached hydrogens (tertiary/aromatic N) is 3. The maximum Gasteiger partial charge on any atom is 0.257 e. The molecule has 0 saturated carbocycles. The minimum Gasteiger partial charge on any atom is -0.337 e. The van der Waals surface area contributed by atoms with E-state index in [9.17, 15) is 9.59 Å². The number of hydrogen-bond donors (Lipinski definition) is 0. The number of rotatable bonds is 2. The zero-order valence-electron chi connectivity index (χ0n) is 11.1. The number of piperidine rings is 1. The van der Waals surface area contributed by atoms with Gasteiger partial charge in [-0.15, -0.1) is 0 Å². The molecule has 0 bridgehead atoms. The van der Waals surface area contributed by atoms with E-state index in [2.05, 4.69) is 5.10 Å². The molecular formula is C13H19N3O2. The Morgan fingerprint density at radius 2 is 2.28 bits per heavy atom. The molecule has 1 atom stereocenters. The van der Waals surface area contributed by atoms with Crippen molar-refractivity contribution >= 4 is 11.7 Å². The predicted octanol–water partition coefficient (Wildman–Crippen LogP) is 1.17. The second-order valence-electron chi connectivity index (χ2n) is 4.84. The van der Waals surface area contributed by atoms with Gasteiger partial charge in [0.05, 0.1) is 11.8 Å². The normalized spacial score (nSPS) is 20.3. The topological polar surface area (TPSA) is 55.2 Å². The Bertz CT molecular complexity index is 479. The molecule has 0 aliphatic carbocycles. The molecule has 18 heavy (non-hydrogen) atoms. The second kappa shape index (κ2) is 4.92. The van der Waals surface area contributed by atoms with Gasteiger partial charge >= 0.3 is 0 Å². The molecule has 1 aliphatic heterocycles. The van der Waals surface area contributed by atoms with E-state index in [0.29, 0.717) is 25.1 Å². The summed E-state index contributed by atoms with van der Waals surface area (Å²) in [6, 6.07) is 0. The zero-order chi connectivity index (χ0) is 13.3. The number of likely N-dealkylation sites (tertiary alicyclic amines) is 1. The van der Waals surface area contributed by atoms with E-state index in [4.69, 9.17) is 0 Å². The number of hydrogen-bond acceptors (Lipinski definition) is 3. The molecule has 1 aliphatic rings. The monoisotopic (exact) mass is 249 g/mol. The summed E-state index contributed by atoms with van der Waals surface area (Å²) in [5.74, 6) is 0.274. The van der Waals surface area contributed by atoms with Crippen LogP contribution in [0.25, 0.3) is 0 Å². The minimum atomic E-state index is -0.00782. The van der Waals surface area contributed by atoms with Crippen LogP contribution < -0.4 is 0 Å². The molecule has 5 heteroatoms. The Hall–Kier alpha value is -1.65. The number of aromatic nitrogens is 2. The van der Waals surface area contributed by atoms with Crippen molar-refractivity contribution in [3.05, 3.63) is 17.5 Å². The molecule has 1 aromatic rings. The van der Waals surface area contributed by atoms with E-state index in [0.717, 1.165) is 12.1 Å². The molecule has 1 aromatic heterocycles. The van der Waals surface area contributed by atoms with Gasteiger partial charge in [0.15, 0.2) is 0 Å². The van der Waals surface area contributed by atoms with Crippen molar-refractivity contribution in [3.63, 3.8) is 0 Å². The Morgan fingerprint density at radius 1 is 1.56 bits per heavy atom. The van der Waals surface area contributed by atoms with Gasteiger partial charge in [0.25, 0.3) is 5.91 Å². The van der Waals surface area contributed by atoms with E-state index in [1.807, 2.05) is 20.9 Å². The summed E-state index contributed by atoms with van der Waals surface area (Å²) in [7, 11) is 1.82. The quantitative estimate of drug-likeness (QED) is 0.790. The van der Waals surface area contributed by atoms with Crippen LogP contribution in [-0.4, -0.2) is 39.5 Å². The molecule has 5 nitrogen and oxygen atoms in total. The van der Waals surface area contributed by atoms with Gasteiger partial charge < -0.3 is 4.90 Å². The second-order valence-corrected chi connectivity index (χ2v) is 4.84. The van der Waals surface area contributed by atoms with Crippen molar-refractivity contribution in [3.8, 4) is 0 Å². The third-order valence-electron chi connectivity index (χ3n) is 3.77. The number of ketones is 1. The highest BCUT2D eigenvalue weighted by atomic mass is 16.2. The molecule has 1 unspecified atom stereocenters.